The Hall–Kier alpha value is -3.03. The minimum atomic E-state index is -0.473. The monoisotopic (exact) mass is 413 g/mol. The van der Waals surface area contributed by atoms with Crippen molar-refractivity contribution in [3.8, 4) is 11.3 Å². The summed E-state index contributed by atoms with van der Waals surface area (Å²) in [4.78, 5) is 20.2. The zero-order chi connectivity index (χ0) is 21.6. The number of amides is 1. The van der Waals surface area contributed by atoms with Crippen molar-refractivity contribution in [1.82, 2.24) is 25.1 Å². The Morgan fingerprint density at radius 2 is 1.97 bits per heavy atom. The fourth-order valence-electron chi connectivity index (χ4n) is 3.01. The molecule has 160 valence electrons. The van der Waals surface area contributed by atoms with Gasteiger partial charge in [-0.15, -0.1) is 0 Å². The van der Waals surface area contributed by atoms with Gasteiger partial charge in [0.1, 0.15) is 11.1 Å². The standard InChI is InChI=1S/C22H28FN5O2/c1-22(2,3)30-21(29)24-11-6-4-5-7-12-28-15-16(13-26-28)19-14-25-18-10-8-9-17(23)20(18)27-19/h8-10,13-15H,4-7,11-12H2,1-3H3,(H,24,29). The first-order chi connectivity index (χ1) is 14.3. The number of halogens is 1. The second-order valence-corrected chi connectivity index (χ2v) is 8.20. The number of aryl methyl sites for hydroxylation is 1. The average molecular weight is 413 g/mol. The fraction of sp³-hybridized carbons (Fsp3) is 0.455. The molecule has 1 aromatic carbocycles. The highest BCUT2D eigenvalue weighted by atomic mass is 19.1. The van der Waals surface area contributed by atoms with E-state index in [9.17, 15) is 9.18 Å². The van der Waals surface area contributed by atoms with Crippen LogP contribution in [0, 0.1) is 5.82 Å². The molecule has 3 aromatic rings. The van der Waals surface area contributed by atoms with Crippen molar-refractivity contribution in [2.45, 2.75) is 58.6 Å². The summed E-state index contributed by atoms with van der Waals surface area (Å²) in [6.45, 7) is 6.93. The number of carbonyl (C=O) groups is 1. The van der Waals surface area contributed by atoms with Crippen molar-refractivity contribution >= 4 is 17.1 Å². The molecule has 0 aliphatic carbocycles. The quantitative estimate of drug-likeness (QED) is 0.541. The lowest BCUT2D eigenvalue weighted by molar-refractivity contribution is 0.0527. The number of ether oxygens (including phenoxy) is 1. The smallest absolute Gasteiger partial charge is 0.407 e. The van der Waals surface area contributed by atoms with Crippen LogP contribution in [0.5, 0.6) is 0 Å². The SMILES string of the molecule is CC(C)(C)OC(=O)NCCCCCCn1cc(-c2cnc3cccc(F)c3n2)cn1. The molecule has 0 spiro atoms. The van der Waals surface area contributed by atoms with Crippen LogP contribution in [-0.2, 0) is 11.3 Å². The van der Waals surface area contributed by atoms with E-state index in [-0.39, 0.29) is 17.4 Å². The van der Waals surface area contributed by atoms with Crippen LogP contribution in [0.4, 0.5) is 9.18 Å². The molecule has 2 aromatic heterocycles. The van der Waals surface area contributed by atoms with Gasteiger partial charge >= 0.3 is 6.09 Å². The summed E-state index contributed by atoms with van der Waals surface area (Å²) < 4.78 is 21.0. The maximum absolute atomic E-state index is 13.9. The number of nitrogens with one attached hydrogen (secondary N) is 1. The molecular formula is C22H28FN5O2. The minimum Gasteiger partial charge on any atom is -0.444 e. The highest BCUT2D eigenvalue weighted by Gasteiger charge is 2.15. The lowest BCUT2D eigenvalue weighted by Crippen LogP contribution is -2.32. The first-order valence-electron chi connectivity index (χ1n) is 10.2. The van der Waals surface area contributed by atoms with Crippen LogP contribution in [0.15, 0.2) is 36.8 Å². The van der Waals surface area contributed by atoms with Crippen molar-refractivity contribution in [2.75, 3.05) is 6.54 Å². The molecule has 0 radical (unpaired) electrons. The molecule has 0 bridgehead atoms. The first-order valence-corrected chi connectivity index (χ1v) is 10.2. The molecule has 2 heterocycles. The largest absolute Gasteiger partial charge is 0.444 e. The molecule has 0 atom stereocenters. The van der Waals surface area contributed by atoms with E-state index in [2.05, 4.69) is 20.4 Å². The van der Waals surface area contributed by atoms with Crippen molar-refractivity contribution < 1.29 is 13.9 Å². The van der Waals surface area contributed by atoms with Gasteiger partial charge in [-0.2, -0.15) is 5.10 Å². The summed E-state index contributed by atoms with van der Waals surface area (Å²) in [5.41, 5.74) is 1.75. The Morgan fingerprint density at radius 1 is 1.17 bits per heavy atom. The lowest BCUT2D eigenvalue weighted by Gasteiger charge is -2.19. The molecule has 1 N–H and O–H groups in total. The Bertz CT molecular complexity index is 997. The molecule has 7 nitrogen and oxygen atoms in total. The zero-order valence-electron chi connectivity index (χ0n) is 17.7. The molecule has 0 aliphatic heterocycles. The summed E-state index contributed by atoms with van der Waals surface area (Å²) in [7, 11) is 0. The van der Waals surface area contributed by atoms with Crippen LogP contribution in [0.2, 0.25) is 0 Å². The predicted molar refractivity (Wildman–Crippen MR) is 113 cm³/mol. The van der Waals surface area contributed by atoms with E-state index >= 15 is 0 Å². The van der Waals surface area contributed by atoms with E-state index in [1.165, 1.54) is 6.07 Å². The highest BCUT2D eigenvalue weighted by Crippen LogP contribution is 2.20. The molecule has 8 heteroatoms. The Balaban J connectivity index is 1.40. The van der Waals surface area contributed by atoms with Gasteiger partial charge in [-0.1, -0.05) is 18.9 Å². The third-order valence-electron chi connectivity index (χ3n) is 4.43. The van der Waals surface area contributed by atoms with Gasteiger partial charge in [0.05, 0.1) is 23.6 Å². The highest BCUT2D eigenvalue weighted by molar-refractivity contribution is 5.77. The molecule has 1 amide bonds. The maximum atomic E-state index is 13.9. The first kappa shape index (κ1) is 21.7. The molecule has 0 aliphatic rings. The molecule has 30 heavy (non-hydrogen) atoms. The lowest BCUT2D eigenvalue weighted by atomic mass is 10.2. The van der Waals surface area contributed by atoms with E-state index in [1.54, 1.807) is 24.5 Å². The molecule has 0 unspecified atom stereocenters. The summed E-state index contributed by atoms with van der Waals surface area (Å²) in [6, 6.07) is 4.74. The van der Waals surface area contributed by atoms with Gasteiger partial charge in [-0.25, -0.2) is 14.2 Å². The summed E-state index contributed by atoms with van der Waals surface area (Å²) in [6.07, 6.45) is 8.82. The second-order valence-electron chi connectivity index (χ2n) is 8.20. The number of hydrogen-bond donors (Lipinski definition) is 1. The number of unbranched alkanes of at least 4 members (excludes halogenated alkanes) is 3. The number of hydrogen-bond acceptors (Lipinski definition) is 5. The number of fused-ring (bicyclic) bond motifs is 1. The summed E-state index contributed by atoms with van der Waals surface area (Å²) >= 11 is 0. The average Bonchev–Trinajstić information content (AvgIpc) is 3.15. The fourth-order valence-corrected chi connectivity index (χ4v) is 3.01. The number of nitrogens with zero attached hydrogens (tertiary/aromatic N) is 4. The van der Waals surface area contributed by atoms with E-state index in [4.69, 9.17) is 4.74 Å². The summed E-state index contributed by atoms with van der Waals surface area (Å²) in [5.74, 6) is -0.379. The van der Waals surface area contributed by atoms with Crippen molar-refractivity contribution in [3.63, 3.8) is 0 Å². The molecular weight excluding hydrogens is 385 g/mol. The number of rotatable bonds is 8. The summed E-state index contributed by atoms with van der Waals surface area (Å²) in [5, 5.41) is 7.14. The van der Waals surface area contributed by atoms with Crippen LogP contribution in [-0.4, -0.2) is 38.0 Å². The van der Waals surface area contributed by atoms with Crippen LogP contribution < -0.4 is 5.32 Å². The molecule has 0 saturated carbocycles. The van der Waals surface area contributed by atoms with Crippen LogP contribution in [0.3, 0.4) is 0 Å². The van der Waals surface area contributed by atoms with Gasteiger partial charge in [-0.05, 0) is 45.7 Å². The topological polar surface area (TPSA) is 81.9 Å². The number of para-hydroxylation sites is 1. The van der Waals surface area contributed by atoms with Gasteiger partial charge in [0, 0.05) is 24.8 Å². The number of benzene rings is 1. The normalized spacial score (nSPS) is 11.6. The second kappa shape index (κ2) is 9.65. The molecule has 3 rings (SSSR count). The van der Waals surface area contributed by atoms with E-state index in [0.29, 0.717) is 17.8 Å². The van der Waals surface area contributed by atoms with Crippen molar-refractivity contribution in [2.24, 2.45) is 0 Å². The zero-order valence-corrected chi connectivity index (χ0v) is 17.7. The van der Waals surface area contributed by atoms with Crippen molar-refractivity contribution in [1.29, 1.82) is 0 Å². The van der Waals surface area contributed by atoms with Gasteiger partial charge in [0.25, 0.3) is 0 Å². The Labute approximate surface area is 175 Å². The van der Waals surface area contributed by atoms with Crippen LogP contribution in [0.25, 0.3) is 22.3 Å². The van der Waals surface area contributed by atoms with E-state index < -0.39 is 5.60 Å². The number of carbonyl (C=O) groups excluding carboxylic acids is 1. The molecule has 0 saturated heterocycles. The predicted octanol–water partition coefficient (Wildman–Crippen LogP) is 4.72. The third-order valence-corrected chi connectivity index (χ3v) is 4.43. The number of aromatic nitrogens is 4. The van der Waals surface area contributed by atoms with Crippen LogP contribution in [0.1, 0.15) is 46.5 Å². The van der Waals surface area contributed by atoms with Crippen molar-refractivity contribution in [3.05, 3.63) is 42.6 Å². The van der Waals surface area contributed by atoms with Gasteiger partial charge < -0.3 is 10.1 Å². The third kappa shape index (κ3) is 6.23. The van der Waals surface area contributed by atoms with Gasteiger partial charge in [0.2, 0.25) is 0 Å². The van der Waals surface area contributed by atoms with Gasteiger partial charge in [0.15, 0.2) is 5.82 Å². The molecule has 0 fully saturated rings. The van der Waals surface area contributed by atoms with Gasteiger partial charge in [-0.3, -0.25) is 9.67 Å². The Kier molecular flexibility index (Phi) is 6.97. The van der Waals surface area contributed by atoms with Crippen LogP contribution >= 0.6 is 0 Å². The van der Waals surface area contributed by atoms with E-state index in [0.717, 1.165) is 37.8 Å². The maximum Gasteiger partial charge on any atom is 0.407 e. The minimum absolute atomic E-state index is 0.266. The van der Waals surface area contributed by atoms with E-state index in [1.807, 2.05) is 31.6 Å². The number of alkyl carbamates (subject to hydrolysis) is 1. The Morgan fingerprint density at radius 3 is 2.77 bits per heavy atom.